The Morgan fingerprint density at radius 3 is 2.61 bits per heavy atom. The normalized spacial score (nSPS) is 12.3. The zero-order chi connectivity index (χ0) is 17.0. The molecule has 0 saturated heterocycles. The first-order valence-electron chi connectivity index (χ1n) is 6.50. The van der Waals surface area contributed by atoms with E-state index in [1.165, 1.54) is 19.4 Å². The molecule has 0 aliphatic rings. The van der Waals surface area contributed by atoms with Crippen LogP contribution in [0.4, 0.5) is 5.69 Å². The van der Waals surface area contributed by atoms with Crippen molar-refractivity contribution in [3.63, 3.8) is 0 Å². The largest absolute Gasteiger partial charge is 0.506 e. The number of ether oxygens (including phenoxy) is 1. The van der Waals surface area contributed by atoms with E-state index in [1.807, 2.05) is 25.1 Å². The Labute approximate surface area is 147 Å². The number of esters is 1. The quantitative estimate of drug-likeness (QED) is 0.348. The standard InChI is InChI=1S/C16H13Cl2NO3S/c1-9-5-3-4-6-12(9)19-8-11(16(21)22-2)14(20)10-7-13(17)23-15(10)18/h3-8,20H,1-2H3/b14-11+,19-8?. The van der Waals surface area contributed by atoms with E-state index in [0.29, 0.717) is 10.0 Å². The third-order valence-corrected chi connectivity index (χ3v) is 4.51. The molecule has 0 saturated carbocycles. The zero-order valence-electron chi connectivity index (χ0n) is 12.3. The van der Waals surface area contributed by atoms with Gasteiger partial charge in [-0.05, 0) is 24.6 Å². The van der Waals surface area contributed by atoms with Gasteiger partial charge in [0.15, 0.2) is 0 Å². The fourth-order valence-corrected chi connectivity index (χ4v) is 3.28. The molecule has 0 radical (unpaired) electrons. The summed E-state index contributed by atoms with van der Waals surface area (Å²) in [5.74, 6) is -1.06. The highest BCUT2D eigenvalue weighted by molar-refractivity contribution is 7.20. The summed E-state index contributed by atoms with van der Waals surface area (Å²) >= 11 is 13.0. The molecule has 1 aromatic heterocycles. The summed E-state index contributed by atoms with van der Waals surface area (Å²) in [4.78, 5) is 16.2. The Balaban J connectivity index is 2.49. The SMILES string of the molecule is COC(=O)/C(C=Nc1ccccc1C)=C(/O)c1cc(Cl)sc1Cl. The second-order valence-electron chi connectivity index (χ2n) is 4.54. The molecule has 2 rings (SSSR count). The molecule has 23 heavy (non-hydrogen) atoms. The van der Waals surface area contributed by atoms with Crippen LogP contribution in [-0.2, 0) is 9.53 Å². The van der Waals surface area contributed by atoms with Crippen LogP contribution < -0.4 is 0 Å². The number of aliphatic imine (C=N–C) groups is 1. The number of thiophene rings is 1. The van der Waals surface area contributed by atoms with Crippen molar-refractivity contribution in [3.8, 4) is 0 Å². The molecule has 7 heteroatoms. The minimum atomic E-state index is -0.724. The molecule has 1 aromatic carbocycles. The first-order valence-corrected chi connectivity index (χ1v) is 8.07. The van der Waals surface area contributed by atoms with Crippen LogP contribution in [0.25, 0.3) is 5.76 Å². The molecular weight excluding hydrogens is 357 g/mol. The van der Waals surface area contributed by atoms with Crippen LogP contribution in [0.1, 0.15) is 11.1 Å². The second-order valence-corrected chi connectivity index (χ2v) is 6.82. The molecule has 0 amide bonds. The predicted octanol–water partition coefficient (Wildman–Crippen LogP) is 5.21. The molecule has 1 heterocycles. The number of hydrogen-bond acceptors (Lipinski definition) is 5. The van der Waals surface area contributed by atoms with Crippen LogP contribution in [0.3, 0.4) is 0 Å². The number of methoxy groups -OCH3 is 1. The molecular formula is C16H13Cl2NO3S. The van der Waals surface area contributed by atoms with E-state index in [0.717, 1.165) is 16.9 Å². The maximum absolute atomic E-state index is 11.9. The van der Waals surface area contributed by atoms with Crippen LogP contribution in [0.2, 0.25) is 8.67 Å². The van der Waals surface area contributed by atoms with E-state index in [1.54, 1.807) is 6.07 Å². The molecule has 0 fully saturated rings. The molecule has 0 aliphatic carbocycles. The average molecular weight is 370 g/mol. The Bertz CT molecular complexity index is 796. The maximum atomic E-state index is 11.9. The van der Waals surface area contributed by atoms with E-state index < -0.39 is 5.97 Å². The van der Waals surface area contributed by atoms with Gasteiger partial charge in [0.25, 0.3) is 0 Å². The summed E-state index contributed by atoms with van der Waals surface area (Å²) < 4.78 is 5.38. The van der Waals surface area contributed by atoms with Gasteiger partial charge in [-0.3, -0.25) is 4.99 Å². The van der Waals surface area contributed by atoms with E-state index in [9.17, 15) is 9.90 Å². The van der Waals surface area contributed by atoms with Crippen molar-refractivity contribution in [2.24, 2.45) is 4.99 Å². The molecule has 0 bridgehead atoms. The van der Waals surface area contributed by atoms with Crippen molar-refractivity contribution in [1.29, 1.82) is 0 Å². The van der Waals surface area contributed by atoms with E-state index in [-0.39, 0.29) is 21.2 Å². The monoisotopic (exact) mass is 369 g/mol. The molecule has 0 spiro atoms. The number of rotatable bonds is 4. The van der Waals surface area contributed by atoms with Gasteiger partial charge in [-0.2, -0.15) is 0 Å². The van der Waals surface area contributed by atoms with Gasteiger partial charge in [-0.25, -0.2) is 4.79 Å². The van der Waals surface area contributed by atoms with E-state index in [4.69, 9.17) is 27.9 Å². The lowest BCUT2D eigenvalue weighted by atomic mass is 10.1. The number of aliphatic hydroxyl groups is 1. The number of carbonyl (C=O) groups is 1. The average Bonchev–Trinajstić information content (AvgIpc) is 2.87. The van der Waals surface area contributed by atoms with Crippen LogP contribution in [0, 0.1) is 6.92 Å². The van der Waals surface area contributed by atoms with E-state index >= 15 is 0 Å². The Kier molecular flexibility index (Phi) is 5.82. The highest BCUT2D eigenvalue weighted by atomic mass is 35.5. The molecule has 1 N–H and O–H groups in total. The van der Waals surface area contributed by atoms with Gasteiger partial charge < -0.3 is 9.84 Å². The molecule has 0 unspecified atom stereocenters. The van der Waals surface area contributed by atoms with Gasteiger partial charge in [0.05, 0.1) is 17.1 Å². The minimum absolute atomic E-state index is 0.105. The summed E-state index contributed by atoms with van der Waals surface area (Å²) in [6.45, 7) is 1.89. The Hall–Kier alpha value is -1.82. The van der Waals surface area contributed by atoms with Crippen molar-refractivity contribution >= 4 is 58.2 Å². The number of halogens is 2. The zero-order valence-corrected chi connectivity index (χ0v) is 14.7. The number of nitrogens with zero attached hydrogens (tertiary/aromatic N) is 1. The molecule has 4 nitrogen and oxygen atoms in total. The lowest BCUT2D eigenvalue weighted by Crippen LogP contribution is -2.09. The lowest BCUT2D eigenvalue weighted by molar-refractivity contribution is -0.135. The third kappa shape index (κ3) is 4.13. The van der Waals surface area contributed by atoms with Crippen LogP contribution in [0.5, 0.6) is 0 Å². The predicted molar refractivity (Wildman–Crippen MR) is 95.2 cm³/mol. The fourth-order valence-electron chi connectivity index (χ4n) is 1.81. The first kappa shape index (κ1) is 17.5. The number of aryl methyl sites for hydroxylation is 1. The molecule has 0 atom stereocenters. The van der Waals surface area contributed by atoms with Gasteiger partial charge in [-0.15, -0.1) is 11.3 Å². The summed E-state index contributed by atoms with van der Waals surface area (Å²) in [7, 11) is 1.22. The lowest BCUT2D eigenvalue weighted by Gasteiger charge is -2.05. The number of carbonyl (C=O) groups excluding carboxylic acids is 1. The number of aliphatic hydroxyl groups excluding tert-OH is 1. The van der Waals surface area contributed by atoms with Gasteiger partial charge in [-0.1, -0.05) is 41.4 Å². The summed E-state index contributed by atoms with van der Waals surface area (Å²) in [6.07, 6.45) is 1.26. The smallest absolute Gasteiger partial charge is 0.343 e. The van der Waals surface area contributed by atoms with Gasteiger partial charge >= 0.3 is 5.97 Å². The van der Waals surface area contributed by atoms with Crippen molar-refractivity contribution in [2.45, 2.75) is 6.92 Å². The minimum Gasteiger partial charge on any atom is -0.506 e. The first-order chi connectivity index (χ1) is 10.9. The number of benzene rings is 1. The Morgan fingerprint density at radius 2 is 2.04 bits per heavy atom. The van der Waals surface area contributed by atoms with Crippen LogP contribution in [0.15, 0.2) is 40.9 Å². The van der Waals surface area contributed by atoms with Crippen LogP contribution in [-0.4, -0.2) is 24.4 Å². The number of hydrogen-bond donors (Lipinski definition) is 1. The molecule has 2 aromatic rings. The highest BCUT2D eigenvalue weighted by Gasteiger charge is 2.19. The van der Waals surface area contributed by atoms with Crippen molar-refractivity contribution in [2.75, 3.05) is 7.11 Å². The maximum Gasteiger partial charge on any atom is 0.343 e. The second kappa shape index (κ2) is 7.64. The number of para-hydroxylation sites is 1. The van der Waals surface area contributed by atoms with Gasteiger partial charge in [0.1, 0.15) is 15.7 Å². The summed E-state index contributed by atoms with van der Waals surface area (Å²) in [5.41, 5.74) is 1.77. The van der Waals surface area contributed by atoms with Crippen LogP contribution >= 0.6 is 34.5 Å². The third-order valence-electron chi connectivity index (χ3n) is 3.02. The van der Waals surface area contributed by atoms with Crippen molar-refractivity contribution < 1.29 is 14.6 Å². The van der Waals surface area contributed by atoms with Crippen molar-refractivity contribution in [3.05, 3.63) is 55.7 Å². The fraction of sp³-hybridized carbons (Fsp3) is 0.125. The highest BCUT2D eigenvalue weighted by Crippen LogP contribution is 2.35. The summed E-state index contributed by atoms with van der Waals surface area (Å²) in [6, 6.07) is 8.89. The van der Waals surface area contributed by atoms with Crippen molar-refractivity contribution in [1.82, 2.24) is 0 Å². The van der Waals surface area contributed by atoms with Gasteiger partial charge in [0.2, 0.25) is 0 Å². The summed E-state index contributed by atoms with van der Waals surface area (Å²) in [5, 5.41) is 10.4. The molecule has 0 aliphatic heterocycles. The Morgan fingerprint density at radius 1 is 1.35 bits per heavy atom. The van der Waals surface area contributed by atoms with E-state index in [2.05, 4.69) is 4.99 Å². The topological polar surface area (TPSA) is 58.9 Å². The molecule has 120 valence electrons. The van der Waals surface area contributed by atoms with Gasteiger partial charge in [0, 0.05) is 11.8 Å².